The predicted molar refractivity (Wildman–Crippen MR) is 30.6 cm³/mol. The molecule has 0 saturated heterocycles. The van der Waals surface area contributed by atoms with Crippen LogP contribution in [0.2, 0.25) is 0 Å². The zero-order valence-corrected chi connectivity index (χ0v) is 0.816. The predicted octanol–water partition coefficient (Wildman–Crippen LogP) is -2.44. The first-order chi connectivity index (χ1) is 0. The molecule has 5 heteroatoms. The van der Waals surface area contributed by atoms with Crippen molar-refractivity contribution in [1.29, 1.82) is 0 Å². The molecule has 28 valence electrons. The van der Waals surface area contributed by atoms with E-state index in [9.17, 15) is 0 Å². The van der Waals surface area contributed by atoms with Crippen molar-refractivity contribution in [2.45, 2.75) is 0 Å². The summed E-state index contributed by atoms with van der Waals surface area (Å²) in [6.45, 7) is 0. The summed E-state index contributed by atoms with van der Waals surface area (Å²) < 4.78 is 0. The second-order valence-corrected chi connectivity index (χ2v) is 0. The van der Waals surface area contributed by atoms with E-state index in [1.54, 1.807) is 0 Å². The number of halogens is 2. The molecule has 0 N–H and O–H groups in total. The molecule has 0 aliphatic carbocycles. The first kappa shape index (κ1) is 48.1. The minimum absolute atomic E-state index is 0. The standard InChI is InChI=1S/Al.Ca.2FH.Na.6H/h;;2*1H;;;;;;;. The Balaban J connectivity index is 0. The maximum atomic E-state index is 0. The van der Waals surface area contributed by atoms with Crippen LogP contribution in [0.15, 0.2) is 0 Å². The molecule has 0 aliphatic rings. The van der Waals surface area contributed by atoms with Crippen molar-refractivity contribution < 1.29 is 9.41 Å². The van der Waals surface area contributed by atoms with Gasteiger partial charge in [-0.15, -0.1) is 0 Å². The third-order valence-corrected chi connectivity index (χ3v) is 0. The van der Waals surface area contributed by atoms with Gasteiger partial charge < -0.3 is 0 Å². The van der Waals surface area contributed by atoms with Gasteiger partial charge in [-0.1, -0.05) is 0 Å². The molecule has 0 aliphatic heterocycles. The molecular weight excluding hydrogens is 128 g/mol. The van der Waals surface area contributed by atoms with Crippen LogP contribution in [0.5, 0.6) is 0 Å². The Labute approximate surface area is 92.2 Å². The maximum absolute atomic E-state index is 0. The van der Waals surface area contributed by atoms with Crippen molar-refractivity contribution in [2.75, 3.05) is 0 Å². The summed E-state index contributed by atoms with van der Waals surface area (Å²) in [5, 5.41) is 0. The van der Waals surface area contributed by atoms with E-state index in [0.29, 0.717) is 0 Å². The average Bonchev–Trinajstić information content (AvgIpc) is 0. The molecule has 0 saturated carbocycles. The van der Waals surface area contributed by atoms with Crippen molar-refractivity contribution in [3.8, 4) is 0 Å². The third-order valence-electron chi connectivity index (χ3n) is 0. The van der Waals surface area contributed by atoms with Crippen LogP contribution in [0.4, 0.5) is 9.41 Å². The van der Waals surface area contributed by atoms with E-state index >= 15 is 0 Å². The van der Waals surface area contributed by atoms with Crippen LogP contribution in [0.1, 0.15) is 0 Å². The van der Waals surface area contributed by atoms with E-state index in [1.807, 2.05) is 0 Å². The Morgan fingerprint density at radius 1 is 0.800 bits per heavy atom. The summed E-state index contributed by atoms with van der Waals surface area (Å²) >= 11 is 0. The van der Waals surface area contributed by atoms with Gasteiger partial charge in [-0.05, 0) is 0 Å². The normalized spacial score (nSPS) is 0. The van der Waals surface area contributed by atoms with Crippen molar-refractivity contribution in [3.63, 3.8) is 0 Å². The molecule has 0 amide bonds. The topological polar surface area (TPSA) is 0 Å². The van der Waals surface area contributed by atoms with Crippen LogP contribution in [0.3, 0.4) is 0 Å². The van der Waals surface area contributed by atoms with Crippen LogP contribution in [-0.4, -0.2) is 84.7 Å². The molecule has 0 aromatic rings. The molecule has 0 nitrogen and oxygen atoms in total. The molecular formula is H8AlCaF2Na. The Morgan fingerprint density at radius 2 is 0.800 bits per heavy atom. The molecule has 0 bridgehead atoms. The van der Waals surface area contributed by atoms with E-state index in [0.717, 1.165) is 0 Å². The van der Waals surface area contributed by atoms with E-state index in [2.05, 4.69) is 0 Å². The van der Waals surface area contributed by atoms with Crippen LogP contribution in [0, 0.1) is 0 Å². The van der Waals surface area contributed by atoms with Crippen LogP contribution in [0.25, 0.3) is 0 Å². The zero-order valence-electron chi connectivity index (χ0n) is 0.816. The van der Waals surface area contributed by atoms with Gasteiger partial charge in [-0.25, -0.2) is 0 Å². The summed E-state index contributed by atoms with van der Waals surface area (Å²) in [6, 6.07) is 0. The van der Waals surface area contributed by atoms with Gasteiger partial charge in [0.2, 0.25) is 0 Å². The summed E-state index contributed by atoms with van der Waals surface area (Å²) in [4.78, 5) is 0. The Bertz CT molecular complexity index is 9.61. The fourth-order valence-corrected chi connectivity index (χ4v) is 0. The molecule has 0 spiro atoms. The molecule has 0 heterocycles. The molecule has 0 unspecified atom stereocenters. The number of rotatable bonds is 0. The van der Waals surface area contributed by atoms with Crippen LogP contribution >= 0.6 is 0 Å². The van der Waals surface area contributed by atoms with Gasteiger partial charge in [-0.2, -0.15) is 0 Å². The van der Waals surface area contributed by atoms with E-state index in [-0.39, 0.29) is 94.1 Å². The van der Waals surface area contributed by atoms with Gasteiger partial charge in [0.1, 0.15) is 0 Å². The zero-order chi connectivity index (χ0) is 0. The Kier molecular flexibility index (Phi) is 291. The van der Waals surface area contributed by atoms with Gasteiger partial charge >= 0.3 is 67.3 Å². The van der Waals surface area contributed by atoms with Crippen LogP contribution in [-0.2, 0) is 0 Å². The SMILES string of the molecule is F.F.[AlH3].[CaH2].[NaH]. The van der Waals surface area contributed by atoms with Gasteiger partial charge in [0.25, 0.3) is 0 Å². The molecule has 0 atom stereocenters. The summed E-state index contributed by atoms with van der Waals surface area (Å²) in [5.41, 5.74) is 0. The Hall–Kier alpha value is 2.65. The van der Waals surface area contributed by atoms with Gasteiger partial charge in [0, 0.05) is 0 Å². The molecule has 0 aromatic heterocycles. The van der Waals surface area contributed by atoms with Crippen molar-refractivity contribution >= 4 is 84.7 Å². The first-order valence-electron chi connectivity index (χ1n) is 0. The molecule has 5 heavy (non-hydrogen) atoms. The summed E-state index contributed by atoms with van der Waals surface area (Å²) in [6.07, 6.45) is 0. The summed E-state index contributed by atoms with van der Waals surface area (Å²) in [7, 11) is 0. The first-order valence-corrected chi connectivity index (χ1v) is 0. The third kappa shape index (κ3) is 20.5. The van der Waals surface area contributed by atoms with Crippen molar-refractivity contribution in [2.24, 2.45) is 0 Å². The number of hydrogen-bond acceptors (Lipinski definition) is 0. The second-order valence-electron chi connectivity index (χ2n) is 0. The monoisotopic (exact) mass is 136 g/mol. The fourth-order valence-electron chi connectivity index (χ4n) is 0. The molecule has 0 rings (SSSR count). The Morgan fingerprint density at radius 3 is 0.800 bits per heavy atom. The summed E-state index contributed by atoms with van der Waals surface area (Å²) in [5.74, 6) is 0. The molecule has 0 aromatic carbocycles. The molecule has 0 radical (unpaired) electrons. The average molecular weight is 136 g/mol. The second kappa shape index (κ2) is 30.2. The van der Waals surface area contributed by atoms with Gasteiger partial charge in [-0.3, -0.25) is 9.41 Å². The van der Waals surface area contributed by atoms with Crippen molar-refractivity contribution in [3.05, 3.63) is 0 Å². The van der Waals surface area contributed by atoms with E-state index in [4.69, 9.17) is 0 Å². The quantitative estimate of drug-likeness (QED) is 0.324. The van der Waals surface area contributed by atoms with Crippen molar-refractivity contribution in [1.82, 2.24) is 0 Å². The number of hydrogen-bond donors (Lipinski definition) is 0. The van der Waals surface area contributed by atoms with Gasteiger partial charge in [0.05, 0.1) is 0 Å². The van der Waals surface area contributed by atoms with E-state index in [1.165, 1.54) is 0 Å². The van der Waals surface area contributed by atoms with E-state index < -0.39 is 0 Å². The van der Waals surface area contributed by atoms with Gasteiger partial charge in [0.15, 0.2) is 17.4 Å². The fraction of sp³-hybridized carbons (Fsp3) is 0. The molecule has 0 fully saturated rings. The minimum atomic E-state index is 0. The van der Waals surface area contributed by atoms with Crippen LogP contribution < -0.4 is 0 Å².